The highest BCUT2D eigenvalue weighted by molar-refractivity contribution is 6.33. The number of hydrogen-bond donors (Lipinski definition) is 0. The predicted octanol–water partition coefficient (Wildman–Crippen LogP) is 2.40. The lowest BCUT2D eigenvalue weighted by molar-refractivity contribution is -0.528. The van der Waals surface area contributed by atoms with E-state index >= 15 is 0 Å². The molecule has 0 aromatic carbocycles. The lowest BCUT2D eigenvalue weighted by Crippen LogP contribution is -2.51. The van der Waals surface area contributed by atoms with Gasteiger partial charge in [-0.25, -0.2) is 0 Å². The van der Waals surface area contributed by atoms with Gasteiger partial charge in [0.25, 0.3) is 0 Å². The van der Waals surface area contributed by atoms with E-state index in [0.29, 0.717) is 19.5 Å². The normalized spacial score (nSPS) is 19.8. The molecular formula is C11H19ClN2O3. The van der Waals surface area contributed by atoms with Crippen LogP contribution in [0.4, 0.5) is 0 Å². The summed E-state index contributed by atoms with van der Waals surface area (Å²) in [5.41, 5.74) is 0. The molecule has 1 rings (SSSR count). The zero-order valence-corrected chi connectivity index (χ0v) is 10.9. The molecular weight excluding hydrogens is 244 g/mol. The second kappa shape index (κ2) is 6.19. The molecule has 1 fully saturated rings. The van der Waals surface area contributed by atoms with Gasteiger partial charge in [0.15, 0.2) is 0 Å². The number of nitrogens with zero attached hydrogens (tertiary/aromatic N) is 2. The molecule has 1 amide bonds. The fourth-order valence-electron chi connectivity index (χ4n) is 2.03. The van der Waals surface area contributed by atoms with Gasteiger partial charge in [-0.3, -0.25) is 14.9 Å². The van der Waals surface area contributed by atoms with Gasteiger partial charge in [0.05, 0.1) is 4.92 Å². The van der Waals surface area contributed by atoms with Crippen LogP contribution in [0.2, 0.25) is 0 Å². The van der Waals surface area contributed by atoms with Crippen LogP contribution in [-0.4, -0.2) is 33.8 Å². The van der Waals surface area contributed by atoms with Crippen LogP contribution in [0.5, 0.6) is 0 Å². The quantitative estimate of drug-likeness (QED) is 0.331. The molecule has 98 valence electrons. The van der Waals surface area contributed by atoms with E-state index < -0.39 is 15.8 Å². The second-order valence-electron chi connectivity index (χ2n) is 4.47. The summed E-state index contributed by atoms with van der Waals surface area (Å²) in [5.74, 6) is -0.530. The molecule has 0 bridgehead atoms. The molecule has 17 heavy (non-hydrogen) atoms. The largest absolute Gasteiger partial charge is 0.372 e. The van der Waals surface area contributed by atoms with Crippen LogP contribution in [0.15, 0.2) is 0 Å². The van der Waals surface area contributed by atoms with Crippen molar-refractivity contribution in [3.63, 3.8) is 0 Å². The number of amides is 1. The highest BCUT2D eigenvalue weighted by atomic mass is 35.5. The maximum absolute atomic E-state index is 12.1. The first-order valence-corrected chi connectivity index (χ1v) is 6.53. The lowest BCUT2D eigenvalue weighted by atomic mass is 10.1. The molecule has 0 saturated carbocycles. The molecule has 1 atom stereocenters. The maximum atomic E-state index is 12.1. The van der Waals surface area contributed by atoms with Gasteiger partial charge in [-0.05, 0) is 37.3 Å². The fraction of sp³-hybridized carbons (Fsp3) is 0.909. The van der Waals surface area contributed by atoms with Gasteiger partial charge >= 0.3 is 10.9 Å². The minimum Gasteiger partial charge on any atom is -0.335 e. The molecule has 0 spiro atoms. The molecule has 1 unspecified atom stereocenters. The Hall–Kier alpha value is -0.840. The van der Waals surface area contributed by atoms with Crippen LogP contribution in [-0.2, 0) is 4.79 Å². The van der Waals surface area contributed by atoms with Gasteiger partial charge in [0.2, 0.25) is 0 Å². The van der Waals surface area contributed by atoms with Crippen LogP contribution in [0, 0.1) is 10.1 Å². The number of carbonyl (C=O) groups is 1. The molecule has 1 heterocycles. The number of nitro groups is 1. The Morgan fingerprint density at radius 3 is 2.47 bits per heavy atom. The first-order valence-electron chi connectivity index (χ1n) is 6.15. The lowest BCUT2D eigenvalue weighted by Gasteiger charge is -2.30. The molecule has 1 aliphatic heterocycles. The van der Waals surface area contributed by atoms with Crippen molar-refractivity contribution in [2.45, 2.75) is 50.4 Å². The van der Waals surface area contributed by atoms with Crippen molar-refractivity contribution in [3.8, 4) is 0 Å². The van der Waals surface area contributed by atoms with Crippen LogP contribution in [0.3, 0.4) is 0 Å². The van der Waals surface area contributed by atoms with E-state index in [1.165, 1.54) is 4.90 Å². The van der Waals surface area contributed by atoms with E-state index in [1.54, 1.807) is 0 Å². The summed E-state index contributed by atoms with van der Waals surface area (Å²) in [4.78, 5) is 22.1. The van der Waals surface area contributed by atoms with E-state index in [0.717, 1.165) is 25.7 Å². The Bertz CT molecular complexity index is 292. The number of piperidine rings is 1. The predicted molar refractivity (Wildman–Crippen MR) is 65.5 cm³/mol. The number of alkyl halides is 1. The number of unbranched alkanes of at least 4 members (excludes halogenated alkanes) is 1. The van der Waals surface area contributed by atoms with Crippen LogP contribution in [0.1, 0.15) is 45.4 Å². The van der Waals surface area contributed by atoms with Crippen molar-refractivity contribution in [3.05, 3.63) is 10.1 Å². The van der Waals surface area contributed by atoms with Crippen LogP contribution >= 0.6 is 11.6 Å². The second-order valence-corrected chi connectivity index (χ2v) is 5.10. The van der Waals surface area contributed by atoms with E-state index in [1.807, 2.05) is 6.92 Å². The smallest absolute Gasteiger partial charge is 0.335 e. The Morgan fingerprint density at radius 1 is 1.41 bits per heavy atom. The van der Waals surface area contributed by atoms with E-state index in [9.17, 15) is 14.9 Å². The van der Waals surface area contributed by atoms with E-state index in [-0.39, 0.29) is 6.42 Å². The number of rotatable bonds is 5. The van der Waals surface area contributed by atoms with Gasteiger partial charge < -0.3 is 4.90 Å². The van der Waals surface area contributed by atoms with Crippen molar-refractivity contribution in [2.75, 3.05) is 13.1 Å². The topological polar surface area (TPSA) is 63.5 Å². The first-order chi connectivity index (χ1) is 8.02. The highest BCUT2D eigenvalue weighted by Crippen LogP contribution is 2.27. The van der Waals surface area contributed by atoms with Gasteiger partial charge in [0, 0.05) is 19.5 Å². The van der Waals surface area contributed by atoms with Crippen molar-refractivity contribution in [2.24, 2.45) is 0 Å². The summed E-state index contributed by atoms with van der Waals surface area (Å²) >= 11 is 5.95. The third-order valence-corrected chi connectivity index (χ3v) is 3.61. The maximum Gasteiger partial charge on any atom is 0.372 e. The summed E-state index contributed by atoms with van der Waals surface area (Å²) < 4.78 is 0. The van der Waals surface area contributed by atoms with Crippen LogP contribution in [0.25, 0.3) is 0 Å². The fourth-order valence-corrected chi connectivity index (χ4v) is 2.28. The van der Waals surface area contributed by atoms with Gasteiger partial charge in [-0.2, -0.15) is 0 Å². The van der Waals surface area contributed by atoms with Crippen molar-refractivity contribution >= 4 is 17.5 Å². The Kier molecular flexibility index (Phi) is 5.18. The number of hydrogen-bond acceptors (Lipinski definition) is 3. The molecule has 0 aromatic rings. The van der Waals surface area contributed by atoms with Crippen LogP contribution < -0.4 is 0 Å². The van der Waals surface area contributed by atoms with Crippen molar-refractivity contribution < 1.29 is 9.72 Å². The molecule has 6 heteroatoms. The minimum atomic E-state index is -1.95. The third kappa shape index (κ3) is 3.31. The van der Waals surface area contributed by atoms with Gasteiger partial charge in [0.1, 0.15) is 0 Å². The Morgan fingerprint density at radius 2 is 2.00 bits per heavy atom. The molecule has 1 saturated heterocycles. The molecule has 0 radical (unpaired) electrons. The average Bonchev–Trinajstić information content (AvgIpc) is 2.35. The van der Waals surface area contributed by atoms with Gasteiger partial charge in [-0.1, -0.05) is 13.3 Å². The van der Waals surface area contributed by atoms with E-state index in [4.69, 9.17) is 11.6 Å². The number of likely N-dealkylation sites (tertiary alicyclic amines) is 1. The zero-order valence-electron chi connectivity index (χ0n) is 10.2. The summed E-state index contributed by atoms with van der Waals surface area (Å²) in [6.45, 7) is 3.10. The summed E-state index contributed by atoms with van der Waals surface area (Å²) in [6, 6.07) is 0. The van der Waals surface area contributed by atoms with Crippen molar-refractivity contribution in [1.29, 1.82) is 0 Å². The molecule has 0 aromatic heterocycles. The summed E-state index contributed by atoms with van der Waals surface area (Å²) in [6.07, 6.45) is 4.37. The summed E-state index contributed by atoms with van der Waals surface area (Å²) in [5, 5.41) is 11.0. The molecule has 1 aliphatic rings. The Labute approximate surface area is 106 Å². The van der Waals surface area contributed by atoms with Crippen molar-refractivity contribution in [1.82, 2.24) is 4.90 Å². The SMILES string of the molecule is CCCCC(Cl)(C(=O)N1CCCCC1)[N+](=O)[O-]. The Balaban J connectivity index is 2.74. The number of halogens is 1. The standard InChI is InChI=1S/C11H19ClN2O3/c1-2-3-7-11(12,14(16)17)10(15)13-8-5-4-6-9-13/h2-9H2,1H3. The monoisotopic (exact) mass is 262 g/mol. The molecule has 0 N–H and O–H groups in total. The summed E-state index contributed by atoms with van der Waals surface area (Å²) in [7, 11) is 0. The average molecular weight is 263 g/mol. The number of carbonyl (C=O) groups excluding carboxylic acids is 1. The molecule has 5 nitrogen and oxygen atoms in total. The zero-order chi connectivity index (χ0) is 12.9. The first kappa shape index (κ1) is 14.2. The third-order valence-electron chi connectivity index (χ3n) is 3.12. The molecule has 0 aliphatic carbocycles. The van der Waals surface area contributed by atoms with Gasteiger partial charge in [-0.15, -0.1) is 0 Å². The highest BCUT2D eigenvalue weighted by Gasteiger charge is 2.50. The minimum absolute atomic E-state index is 0.105. The van der Waals surface area contributed by atoms with E-state index in [2.05, 4.69) is 0 Å².